The second kappa shape index (κ2) is 4.10. The van der Waals surface area contributed by atoms with Crippen LogP contribution in [0.15, 0.2) is 17.5 Å². The molecule has 7 heteroatoms. The highest BCUT2D eigenvalue weighted by atomic mass is 32.1. The lowest BCUT2D eigenvalue weighted by molar-refractivity contribution is 0.0691. The molecule has 0 radical (unpaired) electrons. The first-order valence-corrected chi connectivity index (χ1v) is 5.30. The molecule has 1 heterocycles. The smallest absolute Gasteiger partial charge is 0.355 e. The first kappa shape index (κ1) is 11.5. The lowest BCUT2D eigenvalue weighted by atomic mass is 10.2. The van der Waals surface area contributed by atoms with E-state index in [2.05, 4.69) is 4.98 Å². The molecule has 0 fully saturated rings. The number of halogens is 2. The summed E-state index contributed by atoms with van der Waals surface area (Å²) < 4.78 is 26.0. The van der Waals surface area contributed by atoms with E-state index in [9.17, 15) is 13.6 Å². The maximum absolute atomic E-state index is 13.1. The predicted octanol–water partition coefficient (Wildman–Crippen LogP) is 2.37. The Labute approximate surface area is 98.3 Å². The van der Waals surface area contributed by atoms with Gasteiger partial charge in [0.25, 0.3) is 0 Å². The highest BCUT2D eigenvalue weighted by Crippen LogP contribution is 2.28. The number of hydrogen-bond donors (Lipinski definition) is 2. The number of nitrogen functional groups attached to an aromatic ring is 1. The number of thiazole rings is 1. The van der Waals surface area contributed by atoms with Crippen molar-refractivity contribution in [1.82, 2.24) is 4.98 Å². The summed E-state index contributed by atoms with van der Waals surface area (Å²) in [7, 11) is 0. The fourth-order valence-corrected chi connectivity index (χ4v) is 2.02. The maximum Gasteiger partial charge on any atom is 0.355 e. The van der Waals surface area contributed by atoms with Gasteiger partial charge < -0.3 is 10.8 Å². The summed E-state index contributed by atoms with van der Waals surface area (Å²) in [5, 5.41) is 10.3. The van der Waals surface area contributed by atoms with Gasteiger partial charge in [-0.2, -0.15) is 0 Å². The minimum Gasteiger partial charge on any atom is -0.476 e. The summed E-state index contributed by atoms with van der Waals surface area (Å²) in [6.45, 7) is 0. The van der Waals surface area contributed by atoms with Crippen molar-refractivity contribution in [1.29, 1.82) is 0 Å². The summed E-state index contributed by atoms with van der Waals surface area (Å²) in [5.41, 5.74) is 5.03. The van der Waals surface area contributed by atoms with E-state index in [0.29, 0.717) is 0 Å². The molecule has 4 nitrogen and oxygen atoms in total. The molecule has 0 bridgehead atoms. The van der Waals surface area contributed by atoms with Gasteiger partial charge in [0.15, 0.2) is 17.3 Å². The minimum absolute atomic E-state index is 0.145. The number of carboxylic acids is 1. The van der Waals surface area contributed by atoms with Gasteiger partial charge in [-0.3, -0.25) is 0 Å². The molecule has 0 saturated heterocycles. The van der Waals surface area contributed by atoms with Crippen LogP contribution in [0.5, 0.6) is 0 Å². The molecular weight excluding hydrogens is 250 g/mol. The zero-order chi connectivity index (χ0) is 12.6. The Balaban J connectivity index is 2.49. The molecule has 0 aliphatic carbocycles. The molecule has 0 saturated carbocycles. The Morgan fingerprint density at radius 2 is 2.12 bits per heavy atom. The fraction of sp³-hybridized carbons (Fsp3) is 0. The van der Waals surface area contributed by atoms with Crippen LogP contribution in [0.2, 0.25) is 0 Å². The zero-order valence-electron chi connectivity index (χ0n) is 8.28. The van der Waals surface area contributed by atoms with Crippen molar-refractivity contribution in [2.45, 2.75) is 0 Å². The summed E-state index contributed by atoms with van der Waals surface area (Å²) in [6.07, 6.45) is 0. The molecular formula is C10H6F2N2O2S. The van der Waals surface area contributed by atoms with Gasteiger partial charge in [0.05, 0.1) is 5.69 Å². The number of carboxylic acid groups (broad SMARTS) is 1. The van der Waals surface area contributed by atoms with Crippen LogP contribution < -0.4 is 5.73 Å². The highest BCUT2D eigenvalue weighted by molar-refractivity contribution is 7.13. The molecule has 0 unspecified atom stereocenters. The largest absolute Gasteiger partial charge is 0.476 e. The van der Waals surface area contributed by atoms with Crippen molar-refractivity contribution in [3.05, 3.63) is 34.8 Å². The molecule has 0 atom stereocenters. The number of benzene rings is 1. The first-order chi connectivity index (χ1) is 7.99. The van der Waals surface area contributed by atoms with E-state index in [1.807, 2.05) is 0 Å². The standard InChI is InChI=1S/C10H6F2N2O2S/c11-5-1-4(2-6(13)8(5)12)9-14-7(3-17-9)10(15)16/h1-3H,13H2,(H,15,16). The molecule has 0 aliphatic heterocycles. The fourth-order valence-electron chi connectivity index (χ4n) is 1.24. The van der Waals surface area contributed by atoms with Gasteiger partial charge in [-0.05, 0) is 12.1 Å². The van der Waals surface area contributed by atoms with E-state index in [-0.39, 0.29) is 22.0 Å². The number of rotatable bonds is 2. The third kappa shape index (κ3) is 2.09. The van der Waals surface area contributed by atoms with E-state index in [1.54, 1.807) is 0 Å². The molecule has 88 valence electrons. The van der Waals surface area contributed by atoms with Crippen LogP contribution in [0.3, 0.4) is 0 Å². The summed E-state index contributed by atoms with van der Waals surface area (Å²) in [5.74, 6) is -3.39. The van der Waals surface area contributed by atoms with Gasteiger partial charge in [-0.15, -0.1) is 11.3 Å². The first-order valence-electron chi connectivity index (χ1n) is 4.42. The molecule has 3 N–H and O–H groups in total. The van der Waals surface area contributed by atoms with Crippen LogP contribution in [0.1, 0.15) is 10.5 Å². The third-order valence-corrected chi connectivity index (χ3v) is 2.92. The molecule has 1 aromatic heterocycles. The number of carbonyl (C=O) groups is 1. The highest BCUT2D eigenvalue weighted by Gasteiger charge is 2.14. The average Bonchev–Trinajstić information content (AvgIpc) is 2.74. The van der Waals surface area contributed by atoms with E-state index >= 15 is 0 Å². The summed E-state index contributed by atoms with van der Waals surface area (Å²) in [6, 6.07) is 2.14. The van der Waals surface area contributed by atoms with Gasteiger partial charge in [0, 0.05) is 10.9 Å². The Bertz CT molecular complexity index is 575. The number of nitrogens with two attached hydrogens (primary N) is 1. The second-order valence-electron chi connectivity index (χ2n) is 3.20. The number of aromatic nitrogens is 1. The Hall–Kier alpha value is -2.02. The van der Waals surface area contributed by atoms with Gasteiger partial charge in [-0.1, -0.05) is 0 Å². The second-order valence-corrected chi connectivity index (χ2v) is 4.06. The molecule has 17 heavy (non-hydrogen) atoms. The van der Waals surface area contributed by atoms with Crippen LogP contribution in [0.25, 0.3) is 10.6 Å². The Morgan fingerprint density at radius 1 is 1.41 bits per heavy atom. The lowest BCUT2D eigenvalue weighted by Crippen LogP contribution is -1.97. The van der Waals surface area contributed by atoms with Crippen LogP contribution in [0, 0.1) is 11.6 Å². The number of nitrogens with zero attached hydrogens (tertiary/aromatic N) is 1. The van der Waals surface area contributed by atoms with Crippen LogP contribution in [-0.2, 0) is 0 Å². The van der Waals surface area contributed by atoms with E-state index in [0.717, 1.165) is 17.4 Å². The van der Waals surface area contributed by atoms with Crippen LogP contribution in [-0.4, -0.2) is 16.1 Å². The third-order valence-electron chi connectivity index (χ3n) is 2.03. The topological polar surface area (TPSA) is 76.2 Å². The molecule has 0 aliphatic rings. The van der Waals surface area contributed by atoms with E-state index in [4.69, 9.17) is 10.8 Å². The monoisotopic (exact) mass is 256 g/mol. The van der Waals surface area contributed by atoms with Crippen LogP contribution in [0.4, 0.5) is 14.5 Å². The Kier molecular flexibility index (Phi) is 2.76. The van der Waals surface area contributed by atoms with E-state index < -0.39 is 17.6 Å². The van der Waals surface area contributed by atoms with Gasteiger partial charge in [-0.25, -0.2) is 18.6 Å². The zero-order valence-corrected chi connectivity index (χ0v) is 9.09. The average molecular weight is 256 g/mol. The SMILES string of the molecule is Nc1cc(-c2nc(C(=O)O)cs2)cc(F)c1F. The number of anilines is 1. The van der Waals surface area contributed by atoms with E-state index in [1.165, 1.54) is 11.4 Å². The predicted molar refractivity (Wildman–Crippen MR) is 58.8 cm³/mol. The van der Waals surface area contributed by atoms with Crippen molar-refractivity contribution in [2.24, 2.45) is 0 Å². The quantitative estimate of drug-likeness (QED) is 0.809. The number of hydrogen-bond acceptors (Lipinski definition) is 4. The molecule has 0 spiro atoms. The maximum atomic E-state index is 13.1. The van der Waals surface area contributed by atoms with Gasteiger partial charge >= 0.3 is 5.97 Å². The lowest BCUT2D eigenvalue weighted by Gasteiger charge is -2.01. The normalized spacial score (nSPS) is 10.5. The minimum atomic E-state index is -1.18. The van der Waals surface area contributed by atoms with Crippen molar-refractivity contribution in [2.75, 3.05) is 5.73 Å². The summed E-state index contributed by atoms with van der Waals surface area (Å²) in [4.78, 5) is 14.4. The van der Waals surface area contributed by atoms with Crippen molar-refractivity contribution in [3.8, 4) is 10.6 Å². The molecule has 2 aromatic rings. The molecule has 0 amide bonds. The Morgan fingerprint density at radius 3 is 2.65 bits per heavy atom. The van der Waals surface area contributed by atoms with Crippen molar-refractivity contribution < 1.29 is 18.7 Å². The molecule has 2 rings (SSSR count). The number of aromatic carboxylic acids is 1. The van der Waals surface area contributed by atoms with Gasteiger partial charge in [0.1, 0.15) is 5.01 Å². The molecule has 1 aromatic carbocycles. The summed E-state index contributed by atoms with van der Waals surface area (Å²) >= 11 is 1.02. The van der Waals surface area contributed by atoms with Crippen LogP contribution >= 0.6 is 11.3 Å². The van der Waals surface area contributed by atoms with Gasteiger partial charge in [0.2, 0.25) is 0 Å². The van der Waals surface area contributed by atoms with Crippen molar-refractivity contribution in [3.63, 3.8) is 0 Å². The van der Waals surface area contributed by atoms with Crippen molar-refractivity contribution >= 4 is 23.0 Å².